The predicted molar refractivity (Wildman–Crippen MR) is 109 cm³/mol. The summed E-state index contributed by atoms with van der Waals surface area (Å²) in [5.41, 5.74) is 2.03. The van der Waals surface area contributed by atoms with E-state index in [9.17, 15) is 4.79 Å². The van der Waals surface area contributed by atoms with E-state index in [1.807, 2.05) is 53.4 Å². The quantitative estimate of drug-likeness (QED) is 0.574. The highest BCUT2D eigenvalue weighted by molar-refractivity contribution is 8.02. The summed E-state index contributed by atoms with van der Waals surface area (Å²) in [6.07, 6.45) is 2.67. The van der Waals surface area contributed by atoms with Crippen molar-refractivity contribution in [3.63, 3.8) is 0 Å². The average molecular weight is 387 g/mol. The molecule has 0 saturated carbocycles. The first-order chi connectivity index (χ1) is 12.6. The van der Waals surface area contributed by atoms with Crippen molar-refractivity contribution in [2.75, 3.05) is 5.32 Å². The number of nitrogens with zero attached hydrogens (tertiary/aromatic N) is 3. The number of hydrogen-bond donors (Lipinski definition) is 1. The van der Waals surface area contributed by atoms with Crippen LogP contribution in [0.25, 0.3) is 11.3 Å². The van der Waals surface area contributed by atoms with Crippen molar-refractivity contribution in [2.45, 2.75) is 42.8 Å². The van der Waals surface area contributed by atoms with E-state index in [1.165, 1.54) is 11.8 Å². The molecule has 2 aromatic heterocycles. The number of anilines is 1. The Morgan fingerprint density at radius 2 is 2.04 bits per heavy atom. The molecule has 0 fully saturated rings. The van der Waals surface area contributed by atoms with Crippen molar-refractivity contribution < 1.29 is 4.79 Å². The third-order valence-corrected chi connectivity index (χ3v) is 6.20. The monoisotopic (exact) mass is 386 g/mol. The molecule has 0 radical (unpaired) electrons. The molecular formula is C19H22N4OS2. The number of hydrogen-bond acceptors (Lipinski definition) is 5. The van der Waals surface area contributed by atoms with Crippen LogP contribution in [-0.2, 0) is 4.79 Å². The van der Waals surface area contributed by atoms with Crippen LogP contribution in [0.2, 0.25) is 0 Å². The summed E-state index contributed by atoms with van der Waals surface area (Å²) in [4.78, 5) is 17.2. The van der Waals surface area contributed by atoms with Gasteiger partial charge in [0.2, 0.25) is 5.91 Å². The van der Waals surface area contributed by atoms with Crippen LogP contribution in [0, 0.1) is 0 Å². The Balaban J connectivity index is 1.63. The van der Waals surface area contributed by atoms with Gasteiger partial charge >= 0.3 is 0 Å². The fourth-order valence-corrected chi connectivity index (χ4v) is 4.39. The van der Waals surface area contributed by atoms with Crippen molar-refractivity contribution >= 4 is 34.8 Å². The summed E-state index contributed by atoms with van der Waals surface area (Å²) in [6, 6.07) is 12.1. The van der Waals surface area contributed by atoms with Crippen molar-refractivity contribution in [2.24, 2.45) is 0 Å². The maximum atomic E-state index is 12.6. The number of carbonyl (C=O) groups excluding carboxylic acids is 1. The maximum absolute atomic E-state index is 12.6. The lowest BCUT2D eigenvalue weighted by molar-refractivity contribution is -0.115. The van der Waals surface area contributed by atoms with Crippen LogP contribution in [-0.4, -0.2) is 25.9 Å². The van der Waals surface area contributed by atoms with Gasteiger partial charge in [-0.3, -0.25) is 4.79 Å². The number of rotatable bonds is 7. The molecule has 0 aliphatic rings. The van der Waals surface area contributed by atoms with Gasteiger partial charge in [0.1, 0.15) is 5.82 Å². The first-order valence-electron chi connectivity index (χ1n) is 8.60. The summed E-state index contributed by atoms with van der Waals surface area (Å²) >= 11 is 3.04. The fourth-order valence-electron chi connectivity index (χ4n) is 2.42. The highest BCUT2D eigenvalue weighted by Gasteiger charge is 2.19. The molecule has 1 N–H and O–H groups in total. The van der Waals surface area contributed by atoms with Gasteiger partial charge in [0.25, 0.3) is 0 Å². The maximum Gasteiger partial charge on any atom is 0.238 e. The van der Waals surface area contributed by atoms with Crippen molar-refractivity contribution in [3.05, 3.63) is 48.0 Å². The van der Waals surface area contributed by atoms with Crippen molar-refractivity contribution in [1.82, 2.24) is 14.8 Å². The van der Waals surface area contributed by atoms with Crippen LogP contribution in [0.3, 0.4) is 0 Å². The minimum atomic E-state index is -0.245. The number of nitrogens with one attached hydrogen (secondary N) is 1. The van der Waals surface area contributed by atoms with Gasteiger partial charge in [0, 0.05) is 17.0 Å². The molecule has 5 nitrogen and oxygen atoms in total. The summed E-state index contributed by atoms with van der Waals surface area (Å²) in [5, 5.41) is 9.07. The molecule has 0 saturated heterocycles. The van der Waals surface area contributed by atoms with Crippen LogP contribution in [0.4, 0.5) is 5.82 Å². The topological polar surface area (TPSA) is 59.8 Å². The molecule has 0 unspecified atom stereocenters. The fraction of sp³-hybridized carbons (Fsp3) is 0.316. The molecule has 0 aliphatic carbocycles. The SMILES string of the molecule is CC[C@H](C)n1nccc1NC(=O)[C@H](C)Sc1nc(-c2ccccc2)cs1. The van der Waals surface area contributed by atoms with Crippen LogP contribution in [0.5, 0.6) is 0 Å². The van der Waals surface area contributed by atoms with Crippen LogP contribution in [0.15, 0.2) is 52.3 Å². The Bertz CT molecular complexity index is 859. The lowest BCUT2D eigenvalue weighted by Gasteiger charge is -2.15. The molecule has 2 heterocycles. The Labute approximate surface area is 161 Å². The van der Waals surface area contributed by atoms with E-state index in [4.69, 9.17) is 0 Å². The molecule has 2 atom stereocenters. The summed E-state index contributed by atoms with van der Waals surface area (Å²) in [7, 11) is 0. The molecule has 3 aromatic rings. The minimum absolute atomic E-state index is 0.0449. The molecule has 1 aromatic carbocycles. The summed E-state index contributed by atoms with van der Waals surface area (Å²) < 4.78 is 2.74. The lowest BCUT2D eigenvalue weighted by atomic mass is 10.2. The van der Waals surface area contributed by atoms with E-state index in [0.29, 0.717) is 0 Å². The largest absolute Gasteiger partial charge is 0.310 e. The normalized spacial score (nSPS) is 13.3. The van der Waals surface area contributed by atoms with Gasteiger partial charge in [-0.05, 0) is 20.3 Å². The van der Waals surface area contributed by atoms with E-state index < -0.39 is 0 Å². The molecule has 0 aliphatic heterocycles. The Kier molecular flexibility index (Phi) is 6.11. The zero-order chi connectivity index (χ0) is 18.5. The predicted octanol–water partition coefficient (Wildman–Crippen LogP) is 5.10. The smallest absolute Gasteiger partial charge is 0.238 e. The van der Waals surface area contributed by atoms with Gasteiger partial charge in [-0.15, -0.1) is 11.3 Å². The molecule has 3 rings (SSSR count). The lowest BCUT2D eigenvalue weighted by Crippen LogP contribution is -2.24. The number of carbonyl (C=O) groups is 1. The highest BCUT2D eigenvalue weighted by Crippen LogP contribution is 2.31. The Morgan fingerprint density at radius 1 is 1.27 bits per heavy atom. The van der Waals surface area contributed by atoms with Crippen molar-refractivity contribution in [1.29, 1.82) is 0 Å². The van der Waals surface area contributed by atoms with Gasteiger partial charge in [0.15, 0.2) is 4.34 Å². The van der Waals surface area contributed by atoms with E-state index >= 15 is 0 Å². The van der Waals surface area contributed by atoms with Gasteiger partial charge < -0.3 is 5.32 Å². The van der Waals surface area contributed by atoms with Gasteiger partial charge in [-0.1, -0.05) is 49.0 Å². The average Bonchev–Trinajstić information content (AvgIpc) is 3.31. The molecular weight excluding hydrogens is 364 g/mol. The molecule has 7 heteroatoms. The van der Waals surface area contributed by atoms with E-state index in [1.54, 1.807) is 17.5 Å². The minimum Gasteiger partial charge on any atom is -0.310 e. The van der Waals surface area contributed by atoms with Crippen LogP contribution >= 0.6 is 23.1 Å². The van der Waals surface area contributed by atoms with Crippen LogP contribution < -0.4 is 5.32 Å². The van der Waals surface area contributed by atoms with Gasteiger partial charge in [-0.25, -0.2) is 9.67 Å². The molecule has 0 bridgehead atoms. The zero-order valence-corrected chi connectivity index (χ0v) is 16.7. The number of aromatic nitrogens is 3. The second-order valence-corrected chi connectivity index (χ2v) is 8.48. The Hall–Kier alpha value is -2.12. The second kappa shape index (κ2) is 8.51. The van der Waals surface area contributed by atoms with Gasteiger partial charge in [0.05, 0.1) is 23.2 Å². The first kappa shape index (κ1) is 18.7. The molecule has 26 heavy (non-hydrogen) atoms. The third kappa shape index (κ3) is 4.34. The molecule has 0 spiro atoms. The van der Waals surface area contributed by atoms with Crippen LogP contribution in [0.1, 0.15) is 33.2 Å². The summed E-state index contributed by atoms with van der Waals surface area (Å²) in [6.45, 7) is 6.08. The molecule has 136 valence electrons. The number of benzene rings is 1. The van der Waals surface area contributed by atoms with Gasteiger partial charge in [-0.2, -0.15) is 5.10 Å². The van der Waals surface area contributed by atoms with Crippen molar-refractivity contribution in [3.8, 4) is 11.3 Å². The second-order valence-electron chi connectivity index (χ2n) is 6.03. The van der Waals surface area contributed by atoms with E-state index in [0.717, 1.165) is 27.8 Å². The Morgan fingerprint density at radius 3 is 2.77 bits per heavy atom. The standard InChI is InChI=1S/C19H22N4OS2/c1-4-13(2)23-17(10-11-20-23)22-18(24)14(3)26-19-21-16(12-25-19)15-8-6-5-7-9-15/h5-14H,4H2,1-3H3,(H,22,24)/t13-,14-/m0/s1. The third-order valence-electron chi connectivity index (χ3n) is 4.13. The van der Waals surface area contributed by atoms with E-state index in [2.05, 4.69) is 29.2 Å². The number of thioether (sulfide) groups is 1. The molecule has 1 amide bonds. The first-order valence-corrected chi connectivity index (χ1v) is 10.4. The number of thiazole rings is 1. The summed E-state index contributed by atoms with van der Waals surface area (Å²) in [5.74, 6) is 0.692. The highest BCUT2D eigenvalue weighted by atomic mass is 32.2. The zero-order valence-electron chi connectivity index (χ0n) is 15.0. The number of amides is 1. The van der Waals surface area contributed by atoms with E-state index in [-0.39, 0.29) is 17.2 Å².